The first kappa shape index (κ1) is 15.3. The normalized spacial score (nSPS) is 29.4. The maximum Gasteiger partial charge on any atom is 0.0729 e. The molecule has 2 aliphatic heterocycles. The molecule has 2 saturated heterocycles. The first-order valence-corrected chi connectivity index (χ1v) is 7.89. The highest BCUT2D eigenvalue weighted by molar-refractivity contribution is 4.89. The van der Waals surface area contributed by atoms with E-state index in [9.17, 15) is 0 Å². The van der Waals surface area contributed by atoms with Gasteiger partial charge in [-0.05, 0) is 49.9 Å². The van der Waals surface area contributed by atoms with Gasteiger partial charge in [0, 0.05) is 25.9 Å². The molecule has 0 aromatic rings. The van der Waals surface area contributed by atoms with E-state index in [1.165, 1.54) is 19.3 Å². The topological polar surface area (TPSA) is 44.5 Å². The lowest BCUT2D eigenvalue weighted by atomic mass is 9.77. The quantitative estimate of drug-likeness (QED) is 0.856. The van der Waals surface area contributed by atoms with E-state index in [4.69, 9.17) is 15.2 Å². The predicted molar refractivity (Wildman–Crippen MR) is 78.1 cm³/mol. The molecular formula is C16H31NO2. The molecule has 0 amide bonds. The Bertz CT molecular complexity index is 273. The number of hydrogen-bond acceptors (Lipinski definition) is 3. The summed E-state index contributed by atoms with van der Waals surface area (Å²) in [5.74, 6) is 0.792. The van der Waals surface area contributed by atoms with Crippen LogP contribution in [0.5, 0.6) is 0 Å². The van der Waals surface area contributed by atoms with E-state index >= 15 is 0 Å². The van der Waals surface area contributed by atoms with Gasteiger partial charge in [-0.15, -0.1) is 0 Å². The molecule has 1 spiro atoms. The minimum absolute atomic E-state index is 0.132. The molecule has 3 heteroatoms. The van der Waals surface area contributed by atoms with Crippen molar-refractivity contribution >= 4 is 0 Å². The summed E-state index contributed by atoms with van der Waals surface area (Å²) in [6.07, 6.45) is 6.97. The zero-order valence-electron chi connectivity index (χ0n) is 12.9. The van der Waals surface area contributed by atoms with Crippen LogP contribution in [0.25, 0.3) is 0 Å². The second-order valence-electron chi connectivity index (χ2n) is 7.55. The lowest BCUT2D eigenvalue weighted by molar-refractivity contribution is -0.147. The lowest BCUT2D eigenvalue weighted by Gasteiger charge is -2.43. The zero-order chi connectivity index (χ0) is 13.9. The summed E-state index contributed by atoms with van der Waals surface area (Å²) in [6, 6.07) is 0.306. The maximum absolute atomic E-state index is 6.29. The second-order valence-corrected chi connectivity index (χ2v) is 7.55. The fraction of sp³-hybridized carbons (Fsp3) is 1.00. The third kappa shape index (κ3) is 4.17. The average Bonchev–Trinajstić information content (AvgIpc) is 2.36. The molecule has 0 aliphatic carbocycles. The van der Waals surface area contributed by atoms with Crippen molar-refractivity contribution < 1.29 is 9.47 Å². The number of hydrogen-bond donors (Lipinski definition) is 1. The summed E-state index contributed by atoms with van der Waals surface area (Å²) in [4.78, 5) is 0. The summed E-state index contributed by atoms with van der Waals surface area (Å²) in [5, 5.41) is 0. The Morgan fingerprint density at radius 2 is 1.89 bits per heavy atom. The van der Waals surface area contributed by atoms with Crippen LogP contribution in [0, 0.1) is 11.3 Å². The smallest absolute Gasteiger partial charge is 0.0729 e. The highest BCUT2D eigenvalue weighted by Crippen LogP contribution is 2.39. The molecule has 0 aromatic heterocycles. The summed E-state index contributed by atoms with van der Waals surface area (Å²) in [5.41, 5.74) is 6.64. The van der Waals surface area contributed by atoms with Crippen molar-refractivity contribution in [2.24, 2.45) is 17.1 Å². The van der Waals surface area contributed by atoms with Gasteiger partial charge in [-0.1, -0.05) is 20.8 Å². The SMILES string of the molecule is CC(C)(C)C(N)CCC1CCOC2(CCOCC2)C1. The fourth-order valence-electron chi connectivity index (χ4n) is 3.32. The van der Waals surface area contributed by atoms with E-state index < -0.39 is 0 Å². The molecule has 0 bridgehead atoms. The zero-order valence-corrected chi connectivity index (χ0v) is 12.9. The van der Waals surface area contributed by atoms with Crippen LogP contribution in [0.2, 0.25) is 0 Å². The Kier molecular flexibility index (Phi) is 4.91. The van der Waals surface area contributed by atoms with Crippen LogP contribution >= 0.6 is 0 Å². The summed E-state index contributed by atoms with van der Waals surface area (Å²) in [6.45, 7) is 9.38. The molecule has 2 heterocycles. The van der Waals surface area contributed by atoms with Crippen LogP contribution in [0.1, 0.15) is 59.3 Å². The van der Waals surface area contributed by atoms with E-state index in [2.05, 4.69) is 20.8 Å². The van der Waals surface area contributed by atoms with Crippen molar-refractivity contribution in [2.45, 2.75) is 70.9 Å². The van der Waals surface area contributed by atoms with Gasteiger partial charge in [-0.3, -0.25) is 0 Å². The molecule has 2 atom stereocenters. The van der Waals surface area contributed by atoms with Crippen molar-refractivity contribution in [3.05, 3.63) is 0 Å². The van der Waals surface area contributed by atoms with Gasteiger partial charge in [0.25, 0.3) is 0 Å². The summed E-state index contributed by atoms with van der Waals surface area (Å²) >= 11 is 0. The standard InChI is InChI=1S/C16H31NO2/c1-15(2,3)14(17)5-4-13-6-9-19-16(12-13)7-10-18-11-8-16/h13-14H,4-12,17H2,1-3H3. The molecule has 0 aromatic carbocycles. The van der Waals surface area contributed by atoms with Crippen molar-refractivity contribution in [3.63, 3.8) is 0 Å². The molecular weight excluding hydrogens is 238 g/mol. The van der Waals surface area contributed by atoms with Gasteiger partial charge in [-0.25, -0.2) is 0 Å². The summed E-state index contributed by atoms with van der Waals surface area (Å²) < 4.78 is 11.6. The third-order valence-corrected chi connectivity index (χ3v) is 5.00. The van der Waals surface area contributed by atoms with Crippen molar-refractivity contribution in [1.29, 1.82) is 0 Å². The molecule has 0 saturated carbocycles. The van der Waals surface area contributed by atoms with Gasteiger partial charge < -0.3 is 15.2 Å². The summed E-state index contributed by atoms with van der Waals surface area (Å²) in [7, 11) is 0. The van der Waals surface area contributed by atoms with Crippen LogP contribution in [-0.4, -0.2) is 31.5 Å². The van der Waals surface area contributed by atoms with Crippen LogP contribution in [-0.2, 0) is 9.47 Å². The van der Waals surface area contributed by atoms with Crippen LogP contribution in [0.4, 0.5) is 0 Å². The molecule has 19 heavy (non-hydrogen) atoms. The third-order valence-electron chi connectivity index (χ3n) is 5.00. The number of rotatable bonds is 3. The van der Waals surface area contributed by atoms with Crippen molar-refractivity contribution in [3.8, 4) is 0 Å². The Labute approximate surface area is 118 Å². The van der Waals surface area contributed by atoms with E-state index in [1.54, 1.807) is 0 Å². The van der Waals surface area contributed by atoms with Gasteiger partial charge in [-0.2, -0.15) is 0 Å². The monoisotopic (exact) mass is 269 g/mol. The second kappa shape index (κ2) is 6.11. The predicted octanol–water partition coefficient (Wildman–Crippen LogP) is 3.12. The molecule has 2 unspecified atom stereocenters. The van der Waals surface area contributed by atoms with Crippen LogP contribution < -0.4 is 5.73 Å². The molecule has 3 nitrogen and oxygen atoms in total. The number of nitrogens with two attached hydrogens (primary N) is 1. The Hall–Kier alpha value is -0.120. The number of ether oxygens (including phenoxy) is 2. The van der Waals surface area contributed by atoms with Gasteiger partial charge >= 0.3 is 0 Å². The van der Waals surface area contributed by atoms with E-state index in [1.807, 2.05) is 0 Å². The first-order chi connectivity index (χ1) is 8.91. The first-order valence-electron chi connectivity index (χ1n) is 7.89. The van der Waals surface area contributed by atoms with E-state index in [-0.39, 0.29) is 11.0 Å². The largest absolute Gasteiger partial charge is 0.381 e. The van der Waals surface area contributed by atoms with Gasteiger partial charge in [0.05, 0.1) is 5.60 Å². The Morgan fingerprint density at radius 1 is 1.21 bits per heavy atom. The van der Waals surface area contributed by atoms with Gasteiger partial charge in [0.15, 0.2) is 0 Å². The molecule has 2 fully saturated rings. The van der Waals surface area contributed by atoms with Gasteiger partial charge in [0.1, 0.15) is 0 Å². The fourth-order valence-corrected chi connectivity index (χ4v) is 3.32. The minimum atomic E-state index is 0.132. The molecule has 2 aliphatic rings. The minimum Gasteiger partial charge on any atom is -0.381 e. The molecule has 2 rings (SSSR count). The van der Waals surface area contributed by atoms with E-state index in [0.717, 1.165) is 45.0 Å². The molecule has 112 valence electrons. The van der Waals surface area contributed by atoms with Crippen LogP contribution in [0.15, 0.2) is 0 Å². The van der Waals surface area contributed by atoms with Crippen LogP contribution in [0.3, 0.4) is 0 Å². The maximum atomic E-state index is 6.29. The Balaban J connectivity index is 1.81. The highest BCUT2D eigenvalue weighted by atomic mass is 16.5. The lowest BCUT2D eigenvalue weighted by Crippen LogP contribution is -2.44. The van der Waals surface area contributed by atoms with Crippen molar-refractivity contribution in [2.75, 3.05) is 19.8 Å². The van der Waals surface area contributed by atoms with Gasteiger partial charge in [0.2, 0.25) is 0 Å². The van der Waals surface area contributed by atoms with E-state index in [0.29, 0.717) is 6.04 Å². The molecule has 2 N–H and O–H groups in total. The molecule has 0 radical (unpaired) electrons. The van der Waals surface area contributed by atoms with Crippen molar-refractivity contribution in [1.82, 2.24) is 0 Å². The Morgan fingerprint density at radius 3 is 2.53 bits per heavy atom. The average molecular weight is 269 g/mol. The highest BCUT2D eigenvalue weighted by Gasteiger charge is 2.39.